The molecule has 2 aromatic carbocycles. The van der Waals surface area contributed by atoms with Gasteiger partial charge in [0.15, 0.2) is 0 Å². The Labute approximate surface area is 191 Å². The van der Waals surface area contributed by atoms with Crippen LogP contribution in [0, 0.1) is 0 Å². The predicted molar refractivity (Wildman–Crippen MR) is 110 cm³/mol. The van der Waals surface area contributed by atoms with E-state index >= 15 is 0 Å². The molecular weight excluding hydrogens is 462 g/mol. The largest absolute Gasteiger partial charge is 0.416 e. The second-order valence-electron chi connectivity index (χ2n) is 9.42. The van der Waals surface area contributed by atoms with E-state index in [0.29, 0.717) is 37.8 Å². The Kier molecular flexibility index (Phi) is 5.25. The molecule has 2 N–H and O–H groups in total. The highest BCUT2D eigenvalue weighted by Gasteiger charge is 2.48. The van der Waals surface area contributed by atoms with Crippen molar-refractivity contribution >= 4 is 5.91 Å². The van der Waals surface area contributed by atoms with Gasteiger partial charge in [-0.25, -0.2) is 0 Å². The van der Waals surface area contributed by atoms with Gasteiger partial charge in [0.2, 0.25) is 5.91 Å². The minimum absolute atomic E-state index is 0.00180. The van der Waals surface area contributed by atoms with Crippen LogP contribution in [-0.2, 0) is 27.4 Å². The molecule has 0 saturated carbocycles. The normalized spacial score (nSPS) is 29.4. The van der Waals surface area contributed by atoms with Crippen molar-refractivity contribution < 1.29 is 35.9 Å². The van der Waals surface area contributed by atoms with E-state index in [9.17, 15) is 31.1 Å². The summed E-state index contributed by atoms with van der Waals surface area (Å²) >= 11 is 0. The van der Waals surface area contributed by atoms with Gasteiger partial charge in [-0.05, 0) is 54.2 Å². The van der Waals surface area contributed by atoms with E-state index in [4.69, 9.17) is 4.74 Å². The molecule has 2 fully saturated rings. The summed E-state index contributed by atoms with van der Waals surface area (Å²) in [7, 11) is 0. The van der Waals surface area contributed by atoms with Gasteiger partial charge in [-0.3, -0.25) is 4.79 Å². The molecule has 3 heterocycles. The number of alkyl halides is 6. The molecule has 3 atom stereocenters. The highest BCUT2D eigenvalue weighted by molar-refractivity contribution is 5.79. The van der Waals surface area contributed by atoms with Gasteiger partial charge in [-0.2, -0.15) is 26.3 Å². The van der Waals surface area contributed by atoms with Gasteiger partial charge in [-0.1, -0.05) is 24.3 Å². The second kappa shape index (κ2) is 7.71. The first-order chi connectivity index (χ1) is 15.9. The molecule has 182 valence electrons. The third-order valence-electron chi connectivity index (χ3n) is 7.18. The Morgan fingerprint density at radius 1 is 0.882 bits per heavy atom. The molecule has 2 aromatic rings. The average Bonchev–Trinajstić information content (AvgIpc) is 3.10. The first-order valence-corrected chi connectivity index (χ1v) is 11.0. The number of fused-ring (bicyclic) bond motifs is 3. The maximum Gasteiger partial charge on any atom is 0.416 e. The number of nitrogens with one attached hydrogen (secondary N) is 2. The fraction of sp³-hybridized carbons (Fsp3) is 0.458. The Hall–Kier alpha value is -2.59. The zero-order valence-electron chi connectivity index (χ0n) is 17.9. The molecule has 2 spiro atoms. The van der Waals surface area contributed by atoms with Crippen LogP contribution in [0.2, 0.25) is 0 Å². The highest BCUT2D eigenvalue weighted by Crippen LogP contribution is 2.44. The predicted octanol–water partition coefficient (Wildman–Crippen LogP) is 5.07. The molecule has 0 radical (unpaired) electrons. The third-order valence-corrected chi connectivity index (χ3v) is 7.18. The summed E-state index contributed by atoms with van der Waals surface area (Å²) in [6.45, 7) is 0.561. The van der Waals surface area contributed by atoms with Gasteiger partial charge in [0.25, 0.3) is 0 Å². The van der Waals surface area contributed by atoms with Crippen molar-refractivity contribution in [2.75, 3.05) is 13.2 Å². The summed E-state index contributed by atoms with van der Waals surface area (Å²) < 4.78 is 86.5. The number of carbonyl (C=O) groups excluding carboxylic acids is 1. The van der Waals surface area contributed by atoms with Gasteiger partial charge >= 0.3 is 12.4 Å². The standard InChI is InChI=1S/C24H22F6N2O2/c25-23(26,27)17-9-15(10-18(11-17)24(28,29)30)20-14-2-1-3-16(8-14)22(13-34-20)7-6-21(12-31-22)5-4-19(33)32-21/h1-3,8-11,20,31H,4-7,12-13H2,(H,32,33)/t20-,21-,22-/m1/s1. The highest BCUT2D eigenvalue weighted by atomic mass is 19.4. The van der Waals surface area contributed by atoms with Crippen LogP contribution in [0.5, 0.6) is 0 Å². The number of amides is 1. The van der Waals surface area contributed by atoms with Crippen molar-refractivity contribution in [3.05, 3.63) is 70.3 Å². The van der Waals surface area contributed by atoms with Crippen LogP contribution in [0.4, 0.5) is 26.3 Å². The zero-order valence-corrected chi connectivity index (χ0v) is 17.9. The zero-order chi connectivity index (χ0) is 24.4. The Bertz CT molecular complexity index is 1090. The van der Waals surface area contributed by atoms with Crippen molar-refractivity contribution in [3.63, 3.8) is 0 Å². The van der Waals surface area contributed by atoms with Gasteiger partial charge < -0.3 is 15.4 Å². The number of benzene rings is 2. The fourth-order valence-electron chi connectivity index (χ4n) is 5.25. The van der Waals surface area contributed by atoms with E-state index in [1.165, 1.54) is 0 Å². The van der Waals surface area contributed by atoms with Crippen molar-refractivity contribution in [1.29, 1.82) is 0 Å². The summed E-state index contributed by atoms with van der Waals surface area (Å²) in [5.41, 5.74) is -2.59. The molecule has 3 aliphatic rings. The maximum absolute atomic E-state index is 13.4. The Morgan fingerprint density at radius 2 is 1.59 bits per heavy atom. The minimum atomic E-state index is -4.94. The first kappa shape index (κ1) is 23.2. The van der Waals surface area contributed by atoms with Crippen LogP contribution in [0.1, 0.15) is 59.6 Å². The smallest absolute Gasteiger partial charge is 0.367 e. The van der Waals surface area contributed by atoms with Crippen LogP contribution >= 0.6 is 0 Å². The summed E-state index contributed by atoms with van der Waals surface area (Å²) in [6, 6.07) is 8.60. The quantitative estimate of drug-likeness (QED) is 0.556. The number of rotatable bonds is 1. The van der Waals surface area contributed by atoms with Crippen LogP contribution < -0.4 is 10.6 Å². The van der Waals surface area contributed by atoms with E-state index in [1.807, 2.05) is 6.07 Å². The molecule has 10 heteroatoms. The lowest BCUT2D eigenvalue weighted by Gasteiger charge is -2.45. The number of ether oxygens (including phenoxy) is 1. The maximum atomic E-state index is 13.4. The summed E-state index contributed by atoms with van der Waals surface area (Å²) in [5, 5.41) is 6.51. The lowest BCUT2D eigenvalue weighted by molar-refractivity contribution is -0.143. The van der Waals surface area contributed by atoms with Gasteiger partial charge in [0.05, 0.1) is 28.8 Å². The number of hydrogen-bond donors (Lipinski definition) is 2. The van der Waals surface area contributed by atoms with Crippen molar-refractivity contribution in [2.45, 2.75) is 55.2 Å². The van der Waals surface area contributed by atoms with Gasteiger partial charge in [-0.15, -0.1) is 0 Å². The molecule has 3 aliphatic heterocycles. The van der Waals surface area contributed by atoms with E-state index in [2.05, 4.69) is 10.6 Å². The number of halogens is 6. The molecule has 2 bridgehead atoms. The van der Waals surface area contributed by atoms with E-state index in [1.54, 1.807) is 18.2 Å². The van der Waals surface area contributed by atoms with E-state index in [-0.39, 0.29) is 29.7 Å². The molecule has 0 unspecified atom stereocenters. The second-order valence-corrected chi connectivity index (χ2v) is 9.42. The summed E-state index contributed by atoms with van der Waals surface area (Å²) in [6.07, 6.45) is -8.51. The fourth-order valence-corrected chi connectivity index (χ4v) is 5.25. The molecule has 0 aliphatic carbocycles. The lowest BCUT2D eigenvalue weighted by atomic mass is 9.76. The van der Waals surface area contributed by atoms with Gasteiger partial charge in [0, 0.05) is 13.0 Å². The van der Waals surface area contributed by atoms with Crippen LogP contribution in [0.3, 0.4) is 0 Å². The SMILES string of the molecule is O=C1CC[C@]2(CC[C@]3(CO[C@@H](c4cc(C(F)(F)F)cc(C(F)(F)F)c4)c4cccc3c4)NC2)N1. The number of piperidine rings is 1. The molecular formula is C24H22F6N2O2. The molecule has 34 heavy (non-hydrogen) atoms. The van der Waals surface area contributed by atoms with E-state index in [0.717, 1.165) is 17.7 Å². The van der Waals surface area contributed by atoms with Crippen LogP contribution in [-0.4, -0.2) is 24.6 Å². The molecule has 4 nitrogen and oxygen atoms in total. The molecule has 2 saturated heterocycles. The van der Waals surface area contributed by atoms with Crippen molar-refractivity contribution in [3.8, 4) is 0 Å². The number of carbonyl (C=O) groups is 1. The topological polar surface area (TPSA) is 50.4 Å². The van der Waals surface area contributed by atoms with Gasteiger partial charge in [0.1, 0.15) is 6.10 Å². The minimum Gasteiger partial charge on any atom is -0.367 e. The number of hydrogen-bond acceptors (Lipinski definition) is 3. The van der Waals surface area contributed by atoms with Crippen LogP contribution in [0.15, 0.2) is 42.5 Å². The third kappa shape index (κ3) is 4.07. The monoisotopic (exact) mass is 484 g/mol. The van der Waals surface area contributed by atoms with E-state index < -0.39 is 35.1 Å². The van der Waals surface area contributed by atoms with Crippen molar-refractivity contribution in [2.24, 2.45) is 0 Å². The molecule has 1 amide bonds. The first-order valence-electron chi connectivity index (χ1n) is 11.0. The lowest BCUT2D eigenvalue weighted by Crippen LogP contribution is -2.61. The van der Waals surface area contributed by atoms with Crippen LogP contribution in [0.25, 0.3) is 0 Å². The van der Waals surface area contributed by atoms with Crippen molar-refractivity contribution in [1.82, 2.24) is 10.6 Å². The molecule has 5 rings (SSSR count). The Balaban J connectivity index is 1.49. The Morgan fingerprint density at radius 3 is 2.15 bits per heavy atom. The molecule has 0 aromatic heterocycles. The summed E-state index contributed by atoms with van der Waals surface area (Å²) in [5.74, 6) is 0.00180. The summed E-state index contributed by atoms with van der Waals surface area (Å²) in [4.78, 5) is 11.8. The average molecular weight is 484 g/mol.